The molecule has 0 radical (unpaired) electrons. The molecule has 7 atom stereocenters. The number of fused-ring (bicyclic) bond motifs is 5. The number of likely N-dealkylation sites (tertiary alicyclic amines) is 1. The Balaban J connectivity index is 1.19. The molecule has 0 aromatic carbocycles. The van der Waals surface area contributed by atoms with E-state index < -0.39 is 0 Å². The normalized spacial score (nSPS) is 42.9. The van der Waals surface area contributed by atoms with Gasteiger partial charge in [-0.25, -0.2) is 0 Å². The van der Waals surface area contributed by atoms with Gasteiger partial charge in [0.2, 0.25) is 0 Å². The number of ketones is 1. The highest BCUT2D eigenvalue weighted by Gasteiger charge is 2.59. The lowest BCUT2D eigenvalue weighted by molar-refractivity contribution is -0.152. The minimum atomic E-state index is -0.00840. The van der Waals surface area contributed by atoms with Crippen LogP contribution in [0.25, 0.3) is 0 Å². The summed E-state index contributed by atoms with van der Waals surface area (Å²) in [4.78, 5) is 27.6. The molecule has 4 heteroatoms. The molecule has 1 saturated heterocycles. The van der Waals surface area contributed by atoms with Crippen LogP contribution in [-0.2, 0) is 14.3 Å². The van der Waals surface area contributed by atoms with Gasteiger partial charge in [-0.1, -0.05) is 39.3 Å². The van der Waals surface area contributed by atoms with Crippen LogP contribution in [0.2, 0.25) is 0 Å². The maximum absolute atomic E-state index is 12.7. The molecule has 0 spiro atoms. The fourth-order valence-electron chi connectivity index (χ4n) is 9.63. The van der Waals surface area contributed by atoms with Gasteiger partial charge in [-0.15, -0.1) is 0 Å². The van der Waals surface area contributed by atoms with Crippen molar-refractivity contribution in [1.82, 2.24) is 4.90 Å². The van der Waals surface area contributed by atoms with Gasteiger partial charge in [0.25, 0.3) is 0 Å². The van der Waals surface area contributed by atoms with Crippen LogP contribution in [0.5, 0.6) is 0 Å². The molecule has 0 aromatic rings. The summed E-state index contributed by atoms with van der Waals surface area (Å²) >= 11 is 0. The number of hydrogen-bond donors (Lipinski definition) is 0. The van der Waals surface area contributed by atoms with Gasteiger partial charge in [-0.2, -0.15) is 0 Å². The summed E-state index contributed by atoms with van der Waals surface area (Å²) in [7, 11) is 0. The second-order valence-electron chi connectivity index (χ2n) is 14.2. The highest BCUT2D eigenvalue weighted by molar-refractivity contribution is 5.79. The molecular weight excluding hydrogens is 434 g/mol. The van der Waals surface area contributed by atoms with Crippen LogP contribution in [0.3, 0.4) is 0 Å². The Bertz CT molecular complexity index is 876. The standard InChI is InChI=1S/C31H49NO3/c1-21(33)25-9-10-26-24-8-7-22-19-23(11-15-30(22,4)27(24)12-16-31(25,26)5)35-28(34)13-18-32-17-6-14-29(2,3)20-32/h7,23-27H,6,8-20H2,1-5H3/t23-,24-,25+,26-,27-,30+,31+/m1/s1. The van der Waals surface area contributed by atoms with Crippen molar-refractivity contribution in [1.29, 1.82) is 0 Å². The van der Waals surface area contributed by atoms with Crippen molar-refractivity contribution in [3.05, 3.63) is 11.6 Å². The highest BCUT2D eigenvalue weighted by atomic mass is 16.5. The molecule has 1 heterocycles. The number of rotatable bonds is 5. The summed E-state index contributed by atoms with van der Waals surface area (Å²) in [5, 5.41) is 0. The molecule has 0 unspecified atom stereocenters. The first-order valence-electron chi connectivity index (χ1n) is 14.6. The number of ether oxygens (including phenoxy) is 1. The summed E-state index contributed by atoms with van der Waals surface area (Å²) in [5.74, 6) is 2.83. The number of allylic oxidation sites excluding steroid dienone is 1. The van der Waals surface area contributed by atoms with Crippen LogP contribution in [0.15, 0.2) is 11.6 Å². The van der Waals surface area contributed by atoms with E-state index in [0.29, 0.717) is 23.5 Å². The highest BCUT2D eigenvalue weighted by Crippen LogP contribution is 2.66. The van der Waals surface area contributed by atoms with Crippen molar-refractivity contribution in [3.63, 3.8) is 0 Å². The molecule has 0 N–H and O–H groups in total. The molecule has 3 saturated carbocycles. The van der Waals surface area contributed by atoms with E-state index in [1.54, 1.807) is 5.57 Å². The van der Waals surface area contributed by atoms with Gasteiger partial charge in [0.05, 0.1) is 6.42 Å². The third kappa shape index (κ3) is 4.66. The third-order valence-electron chi connectivity index (χ3n) is 11.5. The Hall–Kier alpha value is -1.16. The number of carbonyl (C=O) groups excluding carboxylic acids is 2. The zero-order valence-corrected chi connectivity index (χ0v) is 23.0. The monoisotopic (exact) mass is 483 g/mol. The quantitative estimate of drug-likeness (QED) is 0.327. The number of Topliss-reactive ketones (excluding diaryl/α,β-unsaturated/α-hetero) is 1. The van der Waals surface area contributed by atoms with Crippen molar-refractivity contribution in [3.8, 4) is 0 Å². The minimum Gasteiger partial charge on any atom is -0.462 e. The molecule has 4 fully saturated rings. The Labute approximate surface area is 213 Å². The Morgan fingerprint density at radius 2 is 1.83 bits per heavy atom. The van der Waals surface area contributed by atoms with Gasteiger partial charge in [0.1, 0.15) is 11.9 Å². The van der Waals surface area contributed by atoms with Crippen molar-refractivity contribution in [2.45, 2.75) is 111 Å². The lowest BCUT2D eigenvalue weighted by Gasteiger charge is -2.58. The SMILES string of the molecule is CC(=O)[C@@H]1CC[C@@H]2[C@H]3CC=C4C[C@H](OC(=O)CCN5CCCC(C)(C)C5)CC[C@]4(C)[C@@H]3CC[C@]21C. The van der Waals surface area contributed by atoms with Gasteiger partial charge in [-0.05, 0) is 105 Å². The van der Waals surface area contributed by atoms with E-state index in [0.717, 1.165) is 63.6 Å². The average Bonchev–Trinajstić information content (AvgIpc) is 3.15. The molecule has 0 bridgehead atoms. The summed E-state index contributed by atoms with van der Waals surface area (Å²) in [6.07, 6.45) is 14.6. The van der Waals surface area contributed by atoms with E-state index >= 15 is 0 Å². The van der Waals surface area contributed by atoms with E-state index in [9.17, 15) is 9.59 Å². The zero-order chi connectivity index (χ0) is 25.0. The Kier molecular flexibility index (Phi) is 6.77. The Morgan fingerprint density at radius 3 is 2.57 bits per heavy atom. The fraction of sp³-hybridized carbons (Fsp3) is 0.871. The van der Waals surface area contributed by atoms with E-state index in [1.807, 2.05) is 6.92 Å². The first-order valence-corrected chi connectivity index (χ1v) is 14.6. The van der Waals surface area contributed by atoms with Gasteiger partial charge < -0.3 is 9.64 Å². The van der Waals surface area contributed by atoms with Gasteiger partial charge in [-0.3, -0.25) is 9.59 Å². The lowest BCUT2D eigenvalue weighted by Crippen LogP contribution is -2.51. The van der Waals surface area contributed by atoms with Crippen LogP contribution < -0.4 is 0 Å². The van der Waals surface area contributed by atoms with Gasteiger partial charge in [0.15, 0.2) is 0 Å². The van der Waals surface area contributed by atoms with E-state index in [4.69, 9.17) is 4.74 Å². The molecule has 196 valence electrons. The van der Waals surface area contributed by atoms with Crippen molar-refractivity contribution in [2.75, 3.05) is 19.6 Å². The second kappa shape index (κ2) is 9.30. The van der Waals surface area contributed by atoms with Crippen LogP contribution in [-0.4, -0.2) is 42.4 Å². The zero-order valence-electron chi connectivity index (χ0n) is 23.0. The topological polar surface area (TPSA) is 46.6 Å². The molecule has 0 aromatic heterocycles. The van der Waals surface area contributed by atoms with Crippen molar-refractivity contribution >= 4 is 11.8 Å². The maximum Gasteiger partial charge on any atom is 0.307 e. The smallest absolute Gasteiger partial charge is 0.307 e. The minimum absolute atomic E-state index is 0.00840. The number of esters is 1. The summed E-state index contributed by atoms with van der Waals surface area (Å²) in [6, 6.07) is 0. The van der Waals surface area contributed by atoms with E-state index in [-0.39, 0.29) is 28.8 Å². The molecule has 5 aliphatic rings. The number of hydrogen-bond acceptors (Lipinski definition) is 4. The van der Waals surface area contributed by atoms with Crippen LogP contribution >= 0.6 is 0 Å². The molecule has 5 rings (SSSR count). The average molecular weight is 484 g/mol. The lowest BCUT2D eigenvalue weighted by atomic mass is 9.47. The molecule has 4 aliphatic carbocycles. The van der Waals surface area contributed by atoms with Crippen molar-refractivity contribution in [2.24, 2.45) is 39.9 Å². The molecule has 1 aliphatic heterocycles. The summed E-state index contributed by atoms with van der Waals surface area (Å²) in [6.45, 7) is 14.5. The maximum atomic E-state index is 12.7. The fourth-order valence-corrected chi connectivity index (χ4v) is 9.63. The van der Waals surface area contributed by atoms with Gasteiger partial charge >= 0.3 is 5.97 Å². The number of carbonyl (C=O) groups is 2. The second-order valence-corrected chi connectivity index (χ2v) is 14.2. The van der Waals surface area contributed by atoms with Gasteiger partial charge in [0, 0.05) is 25.4 Å². The molecule has 0 amide bonds. The van der Waals surface area contributed by atoms with Crippen LogP contribution in [0.1, 0.15) is 105 Å². The molecule has 35 heavy (non-hydrogen) atoms. The summed E-state index contributed by atoms with van der Waals surface area (Å²) in [5.41, 5.74) is 2.39. The first-order chi connectivity index (χ1) is 16.5. The third-order valence-corrected chi connectivity index (χ3v) is 11.5. The molecule has 4 nitrogen and oxygen atoms in total. The predicted octanol–water partition coefficient (Wildman–Crippen LogP) is 6.58. The predicted molar refractivity (Wildman–Crippen MR) is 140 cm³/mol. The Morgan fingerprint density at radius 1 is 1.03 bits per heavy atom. The van der Waals surface area contributed by atoms with Crippen LogP contribution in [0.4, 0.5) is 0 Å². The van der Waals surface area contributed by atoms with E-state index in [2.05, 4.69) is 38.7 Å². The number of piperidine rings is 1. The molecular formula is C31H49NO3. The van der Waals surface area contributed by atoms with Crippen molar-refractivity contribution < 1.29 is 14.3 Å². The number of nitrogens with zero attached hydrogens (tertiary/aromatic N) is 1. The van der Waals surface area contributed by atoms with E-state index in [1.165, 1.54) is 32.1 Å². The largest absolute Gasteiger partial charge is 0.462 e. The van der Waals surface area contributed by atoms with Crippen LogP contribution in [0, 0.1) is 39.9 Å². The summed E-state index contributed by atoms with van der Waals surface area (Å²) < 4.78 is 6.05. The first kappa shape index (κ1) is 25.5.